The molecule has 0 radical (unpaired) electrons. The van der Waals surface area contributed by atoms with Gasteiger partial charge in [0.2, 0.25) is 0 Å². The summed E-state index contributed by atoms with van der Waals surface area (Å²) in [6, 6.07) is 0. The molecule has 2 aliphatic heterocycles. The zero-order chi connectivity index (χ0) is 46.4. The zero-order valence-corrected chi connectivity index (χ0v) is 42.8. The second-order valence-corrected chi connectivity index (χ2v) is 19.6. The van der Waals surface area contributed by atoms with Crippen molar-refractivity contribution in [3.8, 4) is 0 Å². The third-order valence-corrected chi connectivity index (χ3v) is 14.4. The number of Topliss-reactive ketones (excluding diaryl/α,β-unsaturated/α-hetero) is 1. The van der Waals surface area contributed by atoms with Gasteiger partial charge in [0.15, 0.2) is 5.78 Å². The van der Waals surface area contributed by atoms with Crippen LogP contribution in [0.2, 0.25) is 0 Å². The van der Waals surface area contributed by atoms with Crippen LogP contribution >= 0.6 is 0 Å². The minimum atomic E-state index is -1.18. The molecule has 5 atom stereocenters. The average Bonchev–Trinajstić information content (AvgIpc) is 3.99. The van der Waals surface area contributed by atoms with Crippen LogP contribution in [0.5, 0.6) is 0 Å². The van der Waals surface area contributed by atoms with Gasteiger partial charge in [-0.1, -0.05) is 134 Å². The fourth-order valence-corrected chi connectivity index (χ4v) is 10.3. The Labute approximate surface area is 404 Å². The van der Waals surface area contributed by atoms with Crippen molar-refractivity contribution < 1.29 is 23.9 Å². The number of hydrogen-bond acceptors (Lipinski definition) is 6. The fourth-order valence-electron chi connectivity index (χ4n) is 10.3. The summed E-state index contributed by atoms with van der Waals surface area (Å²) in [5.41, 5.74) is 11.5. The Morgan fingerprint density at radius 2 is 1.51 bits per heavy atom. The Balaban J connectivity index is 0.00000793. The van der Waals surface area contributed by atoms with Crippen LogP contribution in [0.15, 0.2) is 29.6 Å². The van der Waals surface area contributed by atoms with Crippen LogP contribution in [0.4, 0.5) is 0 Å². The van der Waals surface area contributed by atoms with Crippen molar-refractivity contribution >= 4 is 70.7 Å². The SMILES string of the molecule is C=Cc1c2[n-]c(c1C)C=C1NC(=C3c4[n-]c(c(C)c4C(=O)[C@@H]3C(=O)OC)C=c3[nH]c(c(C)c3CC)=C2)[C@@H](CCC(=O)OC/C=C(\C)CCC[C@H](C)CCC[C@H](C)CCCC(C)C)[C@@H]1C.[Mg+2]. The Morgan fingerprint density at radius 3 is 2.15 bits per heavy atom. The molecule has 9 nitrogen and oxygen atoms in total. The summed E-state index contributed by atoms with van der Waals surface area (Å²) in [5.74, 6) is -0.467. The van der Waals surface area contributed by atoms with Gasteiger partial charge in [-0.3, -0.25) is 14.4 Å². The number of ether oxygens (including phenoxy) is 2. The van der Waals surface area contributed by atoms with Crippen LogP contribution in [0.25, 0.3) is 29.9 Å². The maximum absolute atomic E-state index is 14.4. The average molecular weight is 896 g/mol. The van der Waals surface area contributed by atoms with Crippen molar-refractivity contribution in [1.29, 1.82) is 0 Å². The maximum Gasteiger partial charge on any atom is 2.00 e. The quantitative estimate of drug-likeness (QED) is 0.0497. The Hall–Kier alpha value is -4.28. The molecule has 10 heteroatoms. The first-order valence-corrected chi connectivity index (χ1v) is 24.1. The van der Waals surface area contributed by atoms with Crippen molar-refractivity contribution in [2.45, 2.75) is 146 Å². The molecule has 0 spiro atoms. The Morgan fingerprint density at radius 1 is 0.862 bits per heavy atom. The predicted molar refractivity (Wildman–Crippen MR) is 265 cm³/mol. The summed E-state index contributed by atoms with van der Waals surface area (Å²) < 4.78 is 11.1. The summed E-state index contributed by atoms with van der Waals surface area (Å²) in [4.78, 5) is 55.3. The molecule has 6 rings (SSSR count). The van der Waals surface area contributed by atoms with E-state index in [-0.39, 0.29) is 59.7 Å². The second-order valence-electron chi connectivity index (χ2n) is 19.6. The molecular weight excluding hydrogens is 821 g/mol. The smallest absolute Gasteiger partial charge is 0.657 e. The van der Waals surface area contributed by atoms with Crippen molar-refractivity contribution in [1.82, 2.24) is 20.3 Å². The molecule has 0 amide bonds. The molecular formula is C55H74MgN4O5. The van der Waals surface area contributed by atoms with Crippen molar-refractivity contribution in [3.05, 3.63) is 96.5 Å². The minimum absolute atomic E-state index is 0. The number of ketones is 1. The van der Waals surface area contributed by atoms with Gasteiger partial charge in [-0.2, -0.15) is 0 Å². The van der Waals surface area contributed by atoms with E-state index in [0.29, 0.717) is 40.2 Å². The number of fused-ring (bicyclic) bond motifs is 7. The fraction of sp³-hybridized carbons (Fsp3) is 0.545. The maximum atomic E-state index is 14.4. The van der Waals surface area contributed by atoms with Gasteiger partial charge in [-0.05, 0) is 99.5 Å². The number of hydrogen-bond donors (Lipinski definition) is 2. The molecule has 1 saturated heterocycles. The number of allylic oxidation sites excluding steroid dienone is 3. The van der Waals surface area contributed by atoms with E-state index in [9.17, 15) is 14.4 Å². The largest absolute Gasteiger partial charge is 2.00 e. The molecule has 5 heterocycles. The first-order valence-electron chi connectivity index (χ1n) is 24.1. The van der Waals surface area contributed by atoms with E-state index < -0.39 is 11.9 Å². The van der Waals surface area contributed by atoms with Crippen LogP contribution in [-0.2, 0) is 25.5 Å². The zero-order valence-electron chi connectivity index (χ0n) is 41.4. The van der Waals surface area contributed by atoms with Gasteiger partial charge in [0.1, 0.15) is 12.5 Å². The second kappa shape index (κ2) is 22.9. The molecule has 0 aromatic carbocycles. The predicted octanol–water partition coefficient (Wildman–Crippen LogP) is 9.95. The number of H-pyrrole nitrogens is 1. The van der Waals surface area contributed by atoms with E-state index in [4.69, 9.17) is 19.4 Å². The number of carbonyl (C=O) groups excluding carboxylic acids is 3. The van der Waals surface area contributed by atoms with Crippen molar-refractivity contribution in [3.63, 3.8) is 0 Å². The van der Waals surface area contributed by atoms with E-state index >= 15 is 0 Å². The van der Waals surface area contributed by atoms with E-state index in [1.54, 1.807) is 0 Å². The van der Waals surface area contributed by atoms with Gasteiger partial charge < -0.3 is 29.7 Å². The van der Waals surface area contributed by atoms with Gasteiger partial charge in [-0.15, -0.1) is 22.8 Å². The molecule has 2 N–H and O–H groups in total. The molecule has 0 saturated carbocycles. The molecule has 3 aromatic heterocycles. The van der Waals surface area contributed by atoms with E-state index in [2.05, 4.69) is 91.3 Å². The molecule has 0 unspecified atom stereocenters. The molecule has 65 heavy (non-hydrogen) atoms. The van der Waals surface area contributed by atoms with Gasteiger partial charge in [-0.25, -0.2) is 0 Å². The van der Waals surface area contributed by atoms with E-state index in [1.807, 2.05) is 25.2 Å². The van der Waals surface area contributed by atoms with Gasteiger partial charge in [0, 0.05) is 45.9 Å². The first kappa shape index (κ1) is 51.7. The van der Waals surface area contributed by atoms with E-state index in [0.717, 1.165) is 87.1 Å². The topological polar surface area (TPSA) is 126 Å². The third kappa shape index (κ3) is 11.6. The van der Waals surface area contributed by atoms with Crippen LogP contribution in [0.3, 0.4) is 0 Å². The van der Waals surface area contributed by atoms with E-state index in [1.165, 1.54) is 57.6 Å². The summed E-state index contributed by atoms with van der Waals surface area (Å²) in [6.45, 7) is 26.2. The van der Waals surface area contributed by atoms with Crippen LogP contribution < -0.4 is 26.0 Å². The number of esters is 2. The molecule has 8 bridgehead atoms. The van der Waals surface area contributed by atoms with Crippen LogP contribution in [0, 0.1) is 56.3 Å². The van der Waals surface area contributed by atoms with Crippen LogP contribution in [0.1, 0.15) is 180 Å². The number of aromatic amines is 1. The molecule has 3 aromatic rings. The summed E-state index contributed by atoms with van der Waals surface area (Å²) >= 11 is 0. The van der Waals surface area contributed by atoms with Crippen LogP contribution in [-0.4, -0.2) is 59.5 Å². The Kier molecular flexibility index (Phi) is 18.3. The number of carbonyl (C=O) groups is 3. The van der Waals surface area contributed by atoms with Gasteiger partial charge in [0.05, 0.1) is 7.11 Å². The number of rotatable bonds is 20. The van der Waals surface area contributed by atoms with Gasteiger partial charge >= 0.3 is 35.0 Å². The molecule has 1 fully saturated rings. The van der Waals surface area contributed by atoms with Gasteiger partial charge in [0.25, 0.3) is 0 Å². The minimum Gasteiger partial charge on any atom is -0.657 e. The monoisotopic (exact) mass is 895 g/mol. The summed E-state index contributed by atoms with van der Waals surface area (Å²) in [5, 5.41) is 5.53. The number of aromatic nitrogens is 3. The molecule has 346 valence electrons. The first-order chi connectivity index (χ1) is 30.6. The number of nitrogens with zero attached hydrogens (tertiary/aromatic N) is 2. The summed E-state index contributed by atoms with van der Waals surface area (Å²) in [6.07, 6.45) is 22.7. The molecule has 3 aliphatic rings. The molecule has 1 aliphatic carbocycles. The van der Waals surface area contributed by atoms with Crippen molar-refractivity contribution in [2.24, 2.45) is 35.5 Å². The standard InChI is InChI=1S/C55H75N4O5.Mg/c1-13-39-35(8)42-28-44-37(10)41(24-25-48(60)64-27-26-34(7)23-17-22-33(6)21-16-20-32(5)19-15-18-31(3)4)52(58-44)50-51(55(62)63-12)54(61)49-38(11)45(59-53(49)50)30-47-40(14-2)36(9)43(57-47)29-46(39)56-42;/h13,26,28-33,37,41,51,57H,1,14-25,27H2,2-12H3,(H2,58,59,61);/q-1;+2/p-1/b34-26+,43-29?,44-28?,47-30?;/t32-,33-,37+,41+,51-;/m1./s1. The Bertz CT molecular complexity index is 2450. The number of nitrogens with one attached hydrogen (secondary N) is 2. The van der Waals surface area contributed by atoms with Crippen molar-refractivity contribution in [2.75, 3.05) is 13.7 Å². The number of methoxy groups -OCH3 is 1. The normalized spacial score (nSPS) is 18.7. The third-order valence-electron chi connectivity index (χ3n) is 14.4. The summed E-state index contributed by atoms with van der Waals surface area (Å²) in [7, 11) is 1.31.